The van der Waals surface area contributed by atoms with E-state index in [0.717, 1.165) is 19.6 Å². The molecule has 0 atom stereocenters. The molecule has 6 heteroatoms. The molecule has 0 unspecified atom stereocenters. The smallest absolute Gasteiger partial charge is 0.314 e. The lowest BCUT2D eigenvalue weighted by Gasteiger charge is -2.33. The fourth-order valence-electron chi connectivity index (χ4n) is 2.51. The lowest BCUT2D eigenvalue weighted by molar-refractivity contribution is -0.144. The van der Waals surface area contributed by atoms with Gasteiger partial charge >= 0.3 is 11.8 Å². The monoisotopic (exact) mass is 319 g/mol. The van der Waals surface area contributed by atoms with Crippen LogP contribution in [0.25, 0.3) is 0 Å². The molecular formula is C17H25N3O3. The minimum atomic E-state index is -0.616. The first-order valence-corrected chi connectivity index (χ1v) is 8.09. The predicted molar refractivity (Wildman–Crippen MR) is 89.5 cm³/mol. The molecule has 126 valence electrons. The van der Waals surface area contributed by atoms with Crippen molar-refractivity contribution in [3.05, 3.63) is 24.3 Å². The molecule has 0 spiro atoms. The largest absolute Gasteiger partial charge is 0.489 e. The Morgan fingerprint density at radius 2 is 1.83 bits per heavy atom. The zero-order valence-corrected chi connectivity index (χ0v) is 14.0. The van der Waals surface area contributed by atoms with Crippen molar-refractivity contribution in [2.45, 2.75) is 26.9 Å². The lowest BCUT2D eigenvalue weighted by atomic mass is 10.2. The predicted octanol–water partition coefficient (Wildman–Crippen LogP) is 1.58. The van der Waals surface area contributed by atoms with Crippen LogP contribution in [-0.4, -0.2) is 60.4 Å². The van der Waals surface area contributed by atoms with Gasteiger partial charge in [-0.15, -0.1) is 0 Å². The van der Waals surface area contributed by atoms with Crippen LogP contribution in [0.1, 0.15) is 20.8 Å². The Labute approximate surface area is 137 Å². The van der Waals surface area contributed by atoms with E-state index in [1.807, 2.05) is 19.9 Å². The molecule has 1 N–H and O–H groups in total. The Balaban J connectivity index is 1.98. The summed E-state index contributed by atoms with van der Waals surface area (Å²) >= 11 is 0. The first-order valence-electron chi connectivity index (χ1n) is 8.09. The van der Waals surface area contributed by atoms with Gasteiger partial charge in [-0.2, -0.15) is 0 Å². The van der Waals surface area contributed by atoms with Crippen LogP contribution in [0.15, 0.2) is 24.3 Å². The number of amides is 2. The minimum absolute atomic E-state index is 0.00845. The highest BCUT2D eigenvalue weighted by molar-refractivity contribution is 6.39. The van der Waals surface area contributed by atoms with Gasteiger partial charge in [0.15, 0.2) is 0 Å². The standard InChI is InChI=1S/C17H25N3O3/c1-4-19-9-11-20(12-10-19)17(22)16(21)18-14-7-5-6-8-15(14)23-13(2)3/h5-8,13H,4,9-12H2,1-3H3,(H,18,21). The number of carbonyl (C=O) groups is 2. The Kier molecular flexibility index (Phi) is 5.98. The van der Waals surface area contributed by atoms with Crippen LogP contribution in [0.4, 0.5) is 5.69 Å². The number of piperazine rings is 1. The lowest BCUT2D eigenvalue weighted by Crippen LogP contribution is -2.51. The van der Waals surface area contributed by atoms with Gasteiger partial charge in [0.1, 0.15) is 5.75 Å². The van der Waals surface area contributed by atoms with Gasteiger partial charge in [-0.05, 0) is 32.5 Å². The Bertz CT molecular complexity index is 552. The highest BCUT2D eigenvalue weighted by Gasteiger charge is 2.26. The van der Waals surface area contributed by atoms with Crippen LogP contribution in [-0.2, 0) is 9.59 Å². The molecule has 2 rings (SSSR count). The molecule has 1 aliphatic rings. The number of hydrogen-bond donors (Lipinski definition) is 1. The maximum atomic E-state index is 12.3. The van der Waals surface area contributed by atoms with E-state index in [9.17, 15) is 9.59 Å². The van der Waals surface area contributed by atoms with Crippen LogP contribution in [0.5, 0.6) is 5.75 Å². The summed E-state index contributed by atoms with van der Waals surface area (Å²) in [5.74, 6) is -0.533. The van der Waals surface area contributed by atoms with E-state index in [0.29, 0.717) is 24.5 Å². The van der Waals surface area contributed by atoms with Crippen molar-refractivity contribution < 1.29 is 14.3 Å². The third-order valence-electron chi connectivity index (χ3n) is 3.80. The quantitative estimate of drug-likeness (QED) is 0.856. The Morgan fingerprint density at radius 1 is 1.17 bits per heavy atom. The van der Waals surface area contributed by atoms with Crippen LogP contribution >= 0.6 is 0 Å². The highest BCUT2D eigenvalue weighted by Crippen LogP contribution is 2.24. The van der Waals surface area contributed by atoms with E-state index in [4.69, 9.17) is 4.74 Å². The second kappa shape index (κ2) is 7.97. The van der Waals surface area contributed by atoms with E-state index in [-0.39, 0.29) is 6.10 Å². The third-order valence-corrected chi connectivity index (χ3v) is 3.80. The summed E-state index contributed by atoms with van der Waals surface area (Å²) in [6, 6.07) is 7.14. The fourth-order valence-corrected chi connectivity index (χ4v) is 2.51. The van der Waals surface area contributed by atoms with E-state index in [1.54, 1.807) is 23.1 Å². The number of anilines is 1. The van der Waals surface area contributed by atoms with Gasteiger partial charge in [0.25, 0.3) is 0 Å². The average Bonchev–Trinajstić information content (AvgIpc) is 2.55. The average molecular weight is 319 g/mol. The second-order valence-electron chi connectivity index (χ2n) is 5.84. The van der Waals surface area contributed by atoms with Crippen molar-refractivity contribution in [3.63, 3.8) is 0 Å². The molecule has 0 radical (unpaired) electrons. The number of benzene rings is 1. The van der Waals surface area contributed by atoms with E-state index >= 15 is 0 Å². The molecule has 0 bridgehead atoms. The van der Waals surface area contributed by atoms with Crippen molar-refractivity contribution in [1.82, 2.24) is 9.80 Å². The zero-order valence-electron chi connectivity index (χ0n) is 14.0. The summed E-state index contributed by atoms with van der Waals surface area (Å²) < 4.78 is 5.65. The first kappa shape index (κ1) is 17.3. The maximum absolute atomic E-state index is 12.3. The van der Waals surface area contributed by atoms with Gasteiger partial charge in [-0.3, -0.25) is 9.59 Å². The summed E-state index contributed by atoms with van der Waals surface area (Å²) in [5.41, 5.74) is 0.520. The molecule has 1 aliphatic heterocycles. The normalized spacial score (nSPS) is 15.6. The number of hydrogen-bond acceptors (Lipinski definition) is 4. The van der Waals surface area contributed by atoms with Crippen molar-refractivity contribution in [1.29, 1.82) is 0 Å². The zero-order chi connectivity index (χ0) is 16.8. The molecule has 2 amide bonds. The number of nitrogens with zero attached hydrogens (tertiary/aromatic N) is 2. The molecule has 6 nitrogen and oxygen atoms in total. The molecule has 1 aromatic rings. The number of rotatable bonds is 4. The number of ether oxygens (including phenoxy) is 1. The van der Waals surface area contributed by atoms with Gasteiger partial charge in [-0.25, -0.2) is 0 Å². The van der Waals surface area contributed by atoms with E-state index in [2.05, 4.69) is 17.1 Å². The molecule has 1 fully saturated rings. The summed E-state index contributed by atoms with van der Waals surface area (Å²) in [4.78, 5) is 28.4. The molecule has 1 heterocycles. The number of carbonyl (C=O) groups excluding carboxylic acids is 2. The molecule has 0 aliphatic carbocycles. The summed E-state index contributed by atoms with van der Waals surface area (Å²) in [7, 11) is 0. The number of nitrogens with one attached hydrogen (secondary N) is 1. The molecule has 1 saturated heterocycles. The Morgan fingerprint density at radius 3 is 2.43 bits per heavy atom. The van der Waals surface area contributed by atoms with Gasteiger partial charge in [-0.1, -0.05) is 19.1 Å². The Hall–Kier alpha value is -2.08. The van der Waals surface area contributed by atoms with Crippen molar-refractivity contribution in [3.8, 4) is 5.75 Å². The first-order chi connectivity index (χ1) is 11.0. The summed E-state index contributed by atoms with van der Waals surface area (Å²) in [6.07, 6.45) is -0.00845. The molecular weight excluding hydrogens is 294 g/mol. The van der Waals surface area contributed by atoms with Crippen molar-refractivity contribution in [2.24, 2.45) is 0 Å². The second-order valence-corrected chi connectivity index (χ2v) is 5.84. The SMILES string of the molecule is CCN1CCN(C(=O)C(=O)Nc2ccccc2OC(C)C)CC1. The van der Waals surface area contributed by atoms with Crippen LogP contribution in [0.3, 0.4) is 0 Å². The fraction of sp³-hybridized carbons (Fsp3) is 0.529. The minimum Gasteiger partial charge on any atom is -0.489 e. The van der Waals surface area contributed by atoms with Crippen LogP contribution in [0, 0.1) is 0 Å². The van der Waals surface area contributed by atoms with Crippen molar-refractivity contribution in [2.75, 3.05) is 38.0 Å². The molecule has 23 heavy (non-hydrogen) atoms. The number of likely N-dealkylation sites (N-methyl/N-ethyl adjacent to an activating group) is 1. The third kappa shape index (κ3) is 4.69. The summed E-state index contributed by atoms with van der Waals surface area (Å²) in [5, 5.41) is 2.67. The van der Waals surface area contributed by atoms with Gasteiger partial charge in [0.05, 0.1) is 11.8 Å². The van der Waals surface area contributed by atoms with Crippen LogP contribution < -0.4 is 10.1 Å². The van der Waals surface area contributed by atoms with E-state index < -0.39 is 11.8 Å². The van der Waals surface area contributed by atoms with Gasteiger partial charge < -0.3 is 19.9 Å². The molecule has 1 aromatic carbocycles. The topological polar surface area (TPSA) is 61.9 Å². The molecule has 0 aromatic heterocycles. The van der Waals surface area contributed by atoms with Gasteiger partial charge in [0, 0.05) is 26.2 Å². The van der Waals surface area contributed by atoms with Crippen molar-refractivity contribution >= 4 is 17.5 Å². The number of para-hydroxylation sites is 2. The molecule has 0 saturated carbocycles. The van der Waals surface area contributed by atoms with Gasteiger partial charge in [0.2, 0.25) is 0 Å². The highest BCUT2D eigenvalue weighted by atomic mass is 16.5. The maximum Gasteiger partial charge on any atom is 0.314 e. The summed E-state index contributed by atoms with van der Waals surface area (Å²) in [6.45, 7) is 9.68. The van der Waals surface area contributed by atoms with E-state index in [1.165, 1.54) is 0 Å². The van der Waals surface area contributed by atoms with Crippen LogP contribution in [0.2, 0.25) is 0 Å².